The Balaban J connectivity index is 1.71. The summed E-state index contributed by atoms with van der Waals surface area (Å²) in [5.41, 5.74) is 1.15. The zero-order chi connectivity index (χ0) is 29.4. The first-order chi connectivity index (χ1) is 18.9. The number of carbonyl (C=O) groups is 2. The Morgan fingerprint density at radius 1 is 0.900 bits per heavy atom. The molecule has 3 rings (SSSR count). The van der Waals surface area contributed by atoms with Crippen LogP contribution in [0.5, 0.6) is 0 Å². The monoisotopic (exact) mass is 573 g/mol. The predicted molar refractivity (Wildman–Crippen MR) is 154 cm³/mol. The molecule has 0 aliphatic carbocycles. The van der Waals surface area contributed by atoms with E-state index in [1.165, 1.54) is 28.6 Å². The minimum Gasteiger partial charge on any atom is -0.390 e. The summed E-state index contributed by atoms with van der Waals surface area (Å²) in [5, 5.41) is 28.1. The molecule has 40 heavy (non-hydrogen) atoms. The van der Waals surface area contributed by atoms with Gasteiger partial charge in [-0.05, 0) is 60.9 Å². The van der Waals surface area contributed by atoms with Gasteiger partial charge in [0.2, 0.25) is 15.9 Å². The summed E-state index contributed by atoms with van der Waals surface area (Å²) in [5.74, 6) is -1.99. The summed E-state index contributed by atoms with van der Waals surface area (Å²) in [4.78, 5) is 26.3. The second kappa shape index (κ2) is 14.2. The molecule has 2 aromatic carbocycles. The fourth-order valence-electron chi connectivity index (χ4n) is 5.10. The molecule has 0 bridgehead atoms. The topological polar surface area (TPSA) is 136 Å². The average Bonchev–Trinajstić information content (AvgIpc) is 3.47. The molecule has 9 nitrogen and oxygen atoms in total. The fraction of sp³-hybridized carbons (Fsp3) is 0.533. The molecule has 4 atom stereocenters. The van der Waals surface area contributed by atoms with Crippen molar-refractivity contribution in [3.63, 3.8) is 0 Å². The van der Waals surface area contributed by atoms with Crippen LogP contribution in [0.4, 0.5) is 0 Å². The third kappa shape index (κ3) is 8.13. The Labute approximate surface area is 238 Å². The van der Waals surface area contributed by atoms with E-state index < -0.39 is 40.1 Å². The zero-order valence-electron chi connectivity index (χ0n) is 23.8. The Hall–Kier alpha value is -2.79. The van der Waals surface area contributed by atoms with Crippen LogP contribution >= 0.6 is 0 Å². The van der Waals surface area contributed by atoms with Crippen molar-refractivity contribution >= 4 is 21.8 Å². The number of nitrogens with zero attached hydrogens (tertiary/aromatic N) is 1. The van der Waals surface area contributed by atoms with Gasteiger partial charge in [0.05, 0.1) is 23.0 Å². The van der Waals surface area contributed by atoms with Gasteiger partial charge in [-0.2, -0.15) is 4.31 Å². The number of benzene rings is 2. The molecule has 1 saturated heterocycles. The molecule has 4 unspecified atom stereocenters. The molecule has 0 spiro atoms. The summed E-state index contributed by atoms with van der Waals surface area (Å²) in [7, 11) is -3.60. The number of hydrogen-bond acceptors (Lipinski definition) is 6. The summed E-state index contributed by atoms with van der Waals surface area (Å²) in [6.07, 6.45) is -0.805. The van der Waals surface area contributed by atoms with Crippen LogP contribution in [0.3, 0.4) is 0 Å². The van der Waals surface area contributed by atoms with Gasteiger partial charge in [0.25, 0.3) is 5.91 Å². The lowest BCUT2D eigenvalue weighted by atomic mass is 9.83. The number of rotatable bonds is 13. The van der Waals surface area contributed by atoms with Crippen LogP contribution in [-0.2, 0) is 21.4 Å². The lowest BCUT2D eigenvalue weighted by Gasteiger charge is -2.34. The van der Waals surface area contributed by atoms with Crippen molar-refractivity contribution in [2.75, 3.05) is 13.1 Å². The molecule has 10 heteroatoms. The van der Waals surface area contributed by atoms with Crippen molar-refractivity contribution in [3.05, 3.63) is 65.7 Å². The van der Waals surface area contributed by atoms with Crippen LogP contribution < -0.4 is 10.6 Å². The lowest BCUT2D eigenvalue weighted by molar-refractivity contribution is -0.136. The maximum atomic E-state index is 13.1. The smallest absolute Gasteiger partial charge is 0.251 e. The maximum Gasteiger partial charge on any atom is 0.251 e. The summed E-state index contributed by atoms with van der Waals surface area (Å²) >= 11 is 0. The van der Waals surface area contributed by atoms with Crippen LogP contribution in [0.15, 0.2) is 59.5 Å². The highest BCUT2D eigenvalue weighted by Gasteiger charge is 2.38. The van der Waals surface area contributed by atoms with Crippen molar-refractivity contribution in [3.8, 4) is 0 Å². The van der Waals surface area contributed by atoms with E-state index >= 15 is 0 Å². The second-order valence-corrected chi connectivity index (χ2v) is 13.2. The molecule has 1 fully saturated rings. The van der Waals surface area contributed by atoms with Gasteiger partial charge < -0.3 is 20.8 Å². The second-order valence-electron chi connectivity index (χ2n) is 11.3. The Morgan fingerprint density at radius 2 is 1.50 bits per heavy atom. The normalized spacial score (nSPS) is 17.4. The number of aliphatic hydroxyl groups excluding tert-OH is 2. The molecule has 1 aliphatic heterocycles. The Kier molecular flexibility index (Phi) is 11.3. The average molecular weight is 574 g/mol. The van der Waals surface area contributed by atoms with Gasteiger partial charge in [-0.3, -0.25) is 9.59 Å². The predicted octanol–water partition coefficient (Wildman–Crippen LogP) is 2.93. The van der Waals surface area contributed by atoms with E-state index in [0.717, 1.165) is 18.4 Å². The largest absolute Gasteiger partial charge is 0.390 e. The molecule has 0 radical (unpaired) electrons. The van der Waals surface area contributed by atoms with Gasteiger partial charge in [0, 0.05) is 25.2 Å². The van der Waals surface area contributed by atoms with Gasteiger partial charge in [-0.25, -0.2) is 8.42 Å². The zero-order valence-corrected chi connectivity index (χ0v) is 24.6. The highest BCUT2D eigenvalue weighted by Crippen LogP contribution is 2.24. The van der Waals surface area contributed by atoms with Crippen molar-refractivity contribution in [1.82, 2.24) is 14.9 Å². The van der Waals surface area contributed by atoms with Gasteiger partial charge >= 0.3 is 0 Å². The minimum atomic E-state index is -3.60. The number of nitrogens with one attached hydrogen (secondary N) is 2. The molecular weight excluding hydrogens is 530 g/mol. The number of hydrogen-bond donors (Lipinski definition) is 4. The van der Waals surface area contributed by atoms with Gasteiger partial charge in [-0.1, -0.05) is 58.0 Å². The lowest BCUT2D eigenvalue weighted by Crippen LogP contribution is -2.54. The number of aliphatic hydroxyl groups is 2. The Morgan fingerprint density at radius 3 is 2.05 bits per heavy atom. The van der Waals surface area contributed by atoms with Gasteiger partial charge in [0.15, 0.2) is 0 Å². The first-order valence-electron chi connectivity index (χ1n) is 14.0. The van der Waals surface area contributed by atoms with Crippen molar-refractivity contribution in [1.29, 1.82) is 0 Å². The van der Waals surface area contributed by atoms with E-state index in [1.807, 2.05) is 44.2 Å². The van der Waals surface area contributed by atoms with E-state index in [2.05, 4.69) is 10.6 Å². The van der Waals surface area contributed by atoms with Crippen LogP contribution in [-0.4, -0.2) is 66.1 Å². The third-order valence-corrected chi connectivity index (χ3v) is 9.23. The van der Waals surface area contributed by atoms with E-state index in [1.54, 1.807) is 13.8 Å². The quantitative estimate of drug-likeness (QED) is 0.291. The maximum absolute atomic E-state index is 13.1. The fourth-order valence-corrected chi connectivity index (χ4v) is 6.62. The third-order valence-electron chi connectivity index (χ3n) is 7.32. The number of amides is 2. The van der Waals surface area contributed by atoms with Crippen LogP contribution in [0.2, 0.25) is 0 Å². The van der Waals surface area contributed by atoms with Crippen molar-refractivity contribution in [2.24, 2.45) is 17.8 Å². The van der Waals surface area contributed by atoms with Crippen LogP contribution in [0.1, 0.15) is 62.9 Å². The minimum absolute atomic E-state index is 0.0736. The molecule has 1 aliphatic rings. The molecule has 220 valence electrons. The van der Waals surface area contributed by atoms with Crippen molar-refractivity contribution < 1.29 is 28.2 Å². The standard InChI is InChI=1S/C30H43N3O6S/c1-20(2)18-25(27(34)28(35)26(21(3)4)30(37)31-19-22-10-6-5-7-11-22)32-29(36)23-12-14-24(15-13-23)40(38,39)33-16-8-9-17-33/h5-7,10-15,20-21,25-28,34-35H,8-9,16-19H2,1-4H3,(H,31,37)(H,32,36). The molecule has 2 amide bonds. The van der Waals surface area contributed by atoms with Gasteiger partial charge in [0.1, 0.15) is 6.10 Å². The molecule has 4 N–H and O–H groups in total. The first-order valence-corrected chi connectivity index (χ1v) is 15.4. The summed E-state index contributed by atoms with van der Waals surface area (Å²) < 4.78 is 27.1. The summed E-state index contributed by atoms with van der Waals surface area (Å²) in [6.45, 7) is 8.74. The highest BCUT2D eigenvalue weighted by molar-refractivity contribution is 7.89. The van der Waals surface area contributed by atoms with Gasteiger partial charge in [-0.15, -0.1) is 0 Å². The van der Waals surface area contributed by atoms with Crippen LogP contribution in [0, 0.1) is 17.8 Å². The number of carbonyl (C=O) groups excluding carboxylic acids is 2. The first kappa shape index (κ1) is 31.7. The van der Waals surface area contributed by atoms with E-state index in [4.69, 9.17) is 0 Å². The summed E-state index contributed by atoms with van der Waals surface area (Å²) in [6, 6.07) is 14.3. The molecule has 0 aromatic heterocycles. The van der Waals surface area contributed by atoms with E-state index in [9.17, 15) is 28.2 Å². The Bertz CT molecular complexity index is 1210. The van der Waals surface area contributed by atoms with Crippen molar-refractivity contribution in [2.45, 2.75) is 76.6 Å². The molecule has 1 heterocycles. The highest BCUT2D eigenvalue weighted by atomic mass is 32.2. The van der Waals surface area contributed by atoms with E-state index in [0.29, 0.717) is 26.1 Å². The molecular formula is C30H43N3O6S. The SMILES string of the molecule is CC(C)CC(NC(=O)c1ccc(S(=O)(=O)N2CCCC2)cc1)C(O)C(O)C(C(=O)NCc1ccccc1)C(C)C. The molecule has 0 saturated carbocycles. The number of sulfonamides is 1. The molecule has 2 aromatic rings. The van der Waals surface area contributed by atoms with E-state index in [-0.39, 0.29) is 28.2 Å². The van der Waals surface area contributed by atoms with Crippen LogP contribution in [0.25, 0.3) is 0 Å².